The second kappa shape index (κ2) is 5.84. The van der Waals surface area contributed by atoms with Gasteiger partial charge in [0.05, 0.1) is 15.9 Å². The van der Waals surface area contributed by atoms with Crippen molar-refractivity contribution in [1.82, 2.24) is 4.98 Å². The maximum atomic E-state index is 12.2. The van der Waals surface area contributed by atoms with Crippen LogP contribution in [-0.2, 0) is 0 Å². The summed E-state index contributed by atoms with van der Waals surface area (Å²) in [5.41, 5.74) is 1.63. The maximum Gasteiger partial charge on any atom is 0.343 e. The molecule has 0 saturated heterocycles. The summed E-state index contributed by atoms with van der Waals surface area (Å²) < 4.78 is 5.36. The Morgan fingerprint density at radius 2 is 1.87 bits per heavy atom. The van der Waals surface area contributed by atoms with Gasteiger partial charge < -0.3 is 4.74 Å². The Morgan fingerprint density at radius 3 is 2.57 bits per heavy atom. The molecule has 0 aliphatic carbocycles. The summed E-state index contributed by atoms with van der Waals surface area (Å²) in [6.45, 7) is 1.92. The van der Waals surface area contributed by atoms with Gasteiger partial charge in [-0.15, -0.1) is 0 Å². The standard InChI is InChI=1S/C17H12N2O4/c1-11-4-6-12(7-5-11)17(20)23-15-9-8-14(19(21)22)13-3-2-10-18-16(13)15/h2-10H,1H3. The number of aryl methyl sites for hydroxylation is 1. The van der Waals surface area contributed by atoms with Crippen molar-refractivity contribution in [3.8, 4) is 5.75 Å². The lowest BCUT2D eigenvalue weighted by Gasteiger charge is -2.07. The zero-order valence-corrected chi connectivity index (χ0v) is 12.2. The molecular weight excluding hydrogens is 296 g/mol. The number of ether oxygens (including phenoxy) is 1. The van der Waals surface area contributed by atoms with E-state index in [0.29, 0.717) is 10.9 Å². The molecule has 6 heteroatoms. The quantitative estimate of drug-likeness (QED) is 0.319. The van der Waals surface area contributed by atoms with Crippen molar-refractivity contribution in [3.63, 3.8) is 0 Å². The van der Waals surface area contributed by atoms with E-state index in [1.54, 1.807) is 24.3 Å². The molecule has 3 rings (SSSR count). The van der Waals surface area contributed by atoms with Crippen molar-refractivity contribution in [2.45, 2.75) is 6.92 Å². The average molecular weight is 308 g/mol. The number of hydrogen-bond donors (Lipinski definition) is 0. The zero-order valence-electron chi connectivity index (χ0n) is 12.2. The number of rotatable bonds is 3. The topological polar surface area (TPSA) is 82.3 Å². The van der Waals surface area contributed by atoms with Crippen LogP contribution in [0.5, 0.6) is 5.75 Å². The molecule has 1 aromatic heterocycles. The second-order valence-corrected chi connectivity index (χ2v) is 5.00. The largest absolute Gasteiger partial charge is 0.421 e. The first-order valence-corrected chi connectivity index (χ1v) is 6.87. The second-order valence-electron chi connectivity index (χ2n) is 5.00. The molecule has 0 aliphatic rings. The fourth-order valence-electron chi connectivity index (χ4n) is 2.22. The number of non-ortho nitro benzene ring substituents is 1. The number of nitrogens with zero attached hydrogens (tertiary/aromatic N) is 2. The fraction of sp³-hybridized carbons (Fsp3) is 0.0588. The van der Waals surface area contributed by atoms with E-state index in [2.05, 4.69) is 4.98 Å². The molecular formula is C17H12N2O4. The summed E-state index contributed by atoms with van der Waals surface area (Å²) in [6, 6.07) is 12.8. The number of fused-ring (bicyclic) bond motifs is 1. The Labute approximate surface area is 131 Å². The fourth-order valence-corrected chi connectivity index (χ4v) is 2.22. The number of esters is 1. The molecule has 0 radical (unpaired) electrons. The van der Waals surface area contributed by atoms with Crippen molar-refractivity contribution in [3.05, 3.63) is 76.0 Å². The highest BCUT2D eigenvalue weighted by Crippen LogP contribution is 2.31. The molecule has 0 unspecified atom stereocenters. The van der Waals surface area contributed by atoms with E-state index < -0.39 is 10.9 Å². The first kappa shape index (κ1) is 14.6. The minimum atomic E-state index is -0.536. The summed E-state index contributed by atoms with van der Waals surface area (Å²) in [5.74, 6) is -0.345. The number of benzene rings is 2. The van der Waals surface area contributed by atoms with Crippen LogP contribution in [0.4, 0.5) is 5.69 Å². The molecule has 2 aromatic carbocycles. The Kier molecular flexibility index (Phi) is 3.72. The number of carbonyl (C=O) groups is 1. The van der Waals surface area contributed by atoms with Crippen LogP contribution in [-0.4, -0.2) is 15.9 Å². The molecule has 3 aromatic rings. The Morgan fingerprint density at radius 1 is 1.13 bits per heavy atom. The van der Waals surface area contributed by atoms with Gasteiger partial charge in [-0.1, -0.05) is 17.7 Å². The van der Waals surface area contributed by atoms with Crippen molar-refractivity contribution in [1.29, 1.82) is 0 Å². The third-order valence-electron chi connectivity index (χ3n) is 3.40. The van der Waals surface area contributed by atoms with Gasteiger partial charge in [-0.25, -0.2) is 4.79 Å². The Balaban J connectivity index is 2.00. The van der Waals surface area contributed by atoms with Gasteiger partial charge in [0.25, 0.3) is 5.69 Å². The summed E-state index contributed by atoms with van der Waals surface area (Å²) in [6.07, 6.45) is 1.50. The number of nitro benzene ring substituents is 1. The summed E-state index contributed by atoms with van der Waals surface area (Å²) in [5, 5.41) is 11.4. The first-order valence-electron chi connectivity index (χ1n) is 6.87. The highest BCUT2D eigenvalue weighted by Gasteiger charge is 2.18. The van der Waals surface area contributed by atoms with Gasteiger partial charge in [0.1, 0.15) is 5.52 Å². The predicted molar refractivity (Wildman–Crippen MR) is 84.5 cm³/mol. The monoisotopic (exact) mass is 308 g/mol. The Bertz CT molecular complexity index is 904. The normalized spacial score (nSPS) is 10.5. The highest BCUT2D eigenvalue weighted by molar-refractivity contribution is 5.96. The zero-order chi connectivity index (χ0) is 16.4. The molecule has 1 heterocycles. The summed E-state index contributed by atoms with van der Waals surface area (Å²) in [4.78, 5) is 26.9. The van der Waals surface area contributed by atoms with Gasteiger partial charge in [0, 0.05) is 12.3 Å². The SMILES string of the molecule is Cc1ccc(C(=O)Oc2ccc([N+](=O)[O-])c3cccnc23)cc1. The van der Waals surface area contributed by atoms with Gasteiger partial charge in [-0.05, 0) is 37.3 Å². The molecule has 6 nitrogen and oxygen atoms in total. The maximum absolute atomic E-state index is 12.2. The molecule has 114 valence electrons. The minimum Gasteiger partial charge on any atom is -0.421 e. The van der Waals surface area contributed by atoms with Crippen LogP contribution in [0.3, 0.4) is 0 Å². The smallest absolute Gasteiger partial charge is 0.343 e. The number of carbonyl (C=O) groups excluding carboxylic acids is 1. The average Bonchev–Trinajstić information content (AvgIpc) is 2.55. The van der Waals surface area contributed by atoms with Gasteiger partial charge in [0.15, 0.2) is 5.75 Å². The molecule has 0 fully saturated rings. The highest BCUT2D eigenvalue weighted by atomic mass is 16.6. The Hall–Kier alpha value is -3.28. The number of nitro groups is 1. The van der Waals surface area contributed by atoms with Crippen LogP contribution >= 0.6 is 0 Å². The molecule has 0 atom stereocenters. The van der Waals surface area contributed by atoms with Crippen LogP contribution < -0.4 is 4.74 Å². The van der Waals surface area contributed by atoms with Crippen LogP contribution in [0.25, 0.3) is 10.9 Å². The lowest BCUT2D eigenvalue weighted by Crippen LogP contribution is -2.09. The van der Waals surface area contributed by atoms with E-state index in [0.717, 1.165) is 5.56 Å². The number of hydrogen-bond acceptors (Lipinski definition) is 5. The van der Waals surface area contributed by atoms with E-state index in [1.165, 1.54) is 18.3 Å². The van der Waals surface area contributed by atoms with Gasteiger partial charge >= 0.3 is 5.97 Å². The van der Waals surface area contributed by atoms with E-state index in [4.69, 9.17) is 4.74 Å². The van der Waals surface area contributed by atoms with Crippen LogP contribution in [0, 0.1) is 17.0 Å². The molecule has 0 spiro atoms. The third-order valence-corrected chi connectivity index (χ3v) is 3.40. The van der Waals surface area contributed by atoms with Crippen molar-refractivity contribution in [2.75, 3.05) is 0 Å². The van der Waals surface area contributed by atoms with Crippen molar-refractivity contribution >= 4 is 22.6 Å². The molecule has 23 heavy (non-hydrogen) atoms. The third kappa shape index (κ3) is 2.87. The van der Waals surface area contributed by atoms with Crippen LogP contribution in [0.15, 0.2) is 54.7 Å². The van der Waals surface area contributed by atoms with Gasteiger partial charge in [-0.3, -0.25) is 15.1 Å². The summed E-state index contributed by atoms with van der Waals surface area (Å²) >= 11 is 0. The predicted octanol–water partition coefficient (Wildman–Crippen LogP) is 3.67. The van der Waals surface area contributed by atoms with Gasteiger partial charge in [-0.2, -0.15) is 0 Å². The van der Waals surface area contributed by atoms with Crippen LogP contribution in [0.1, 0.15) is 15.9 Å². The number of pyridine rings is 1. The molecule has 0 amide bonds. The lowest BCUT2D eigenvalue weighted by atomic mass is 10.1. The minimum absolute atomic E-state index is 0.0803. The lowest BCUT2D eigenvalue weighted by molar-refractivity contribution is -0.383. The van der Waals surface area contributed by atoms with Crippen molar-refractivity contribution < 1.29 is 14.5 Å². The van der Waals surface area contributed by atoms with Crippen molar-refractivity contribution in [2.24, 2.45) is 0 Å². The molecule has 0 bridgehead atoms. The summed E-state index contributed by atoms with van der Waals surface area (Å²) in [7, 11) is 0. The van der Waals surface area contributed by atoms with E-state index >= 15 is 0 Å². The van der Waals surface area contributed by atoms with E-state index in [-0.39, 0.29) is 17.0 Å². The first-order chi connectivity index (χ1) is 11.1. The van der Waals surface area contributed by atoms with Crippen LogP contribution in [0.2, 0.25) is 0 Å². The molecule has 0 saturated carbocycles. The van der Waals surface area contributed by atoms with E-state index in [1.807, 2.05) is 19.1 Å². The molecule has 0 aliphatic heterocycles. The molecule has 0 N–H and O–H groups in total. The van der Waals surface area contributed by atoms with E-state index in [9.17, 15) is 14.9 Å². The number of aromatic nitrogens is 1. The van der Waals surface area contributed by atoms with Gasteiger partial charge in [0.2, 0.25) is 0 Å².